The molecule has 0 radical (unpaired) electrons. The number of carbonyl (C=O) groups is 2. The predicted octanol–water partition coefficient (Wildman–Crippen LogP) is 3.13. The highest BCUT2D eigenvalue weighted by atomic mass is 19.1. The largest absolute Gasteiger partial charge is 0.469 e. The molecule has 23 heavy (non-hydrogen) atoms. The third kappa shape index (κ3) is 2.82. The van der Waals surface area contributed by atoms with E-state index in [1.807, 2.05) is 24.3 Å². The van der Waals surface area contributed by atoms with Gasteiger partial charge >= 0.3 is 5.97 Å². The number of nitrogens with zero attached hydrogens (tertiary/aromatic N) is 1. The maximum atomic E-state index is 13.0. The molecule has 2 aromatic rings. The number of carbonyl (C=O) groups excluding carboxylic acids is 2. The maximum Gasteiger partial charge on any atom is 0.313 e. The molecule has 0 N–H and O–H groups in total. The van der Waals surface area contributed by atoms with E-state index in [-0.39, 0.29) is 23.6 Å². The number of ether oxygens (including phenoxy) is 1. The molecule has 3 rings (SSSR count). The van der Waals surface area contributed by atoms with Crippen LogP contribution in [0.4, 0.5) is 10.1 Å². The lowest BCUT2D eigenvalue weighted by Crippen LogP contribution is -2.38. The van der Waals surface area contributed by atoms with Crippen molar-refractivity contribution in [3.63, 3.8) is 0 Å². The molecule has 1 amide bonds. The van der Waals surface area contributed by atoms with Gasteiger partial charge in [0.2, 0.25) is 0 Å². The molecule has 0 aliphatic carbocycles. The van der Waals surface area contributed by atoms with E-state index in [2.05, 4.69) is 0 Å². The van der Waals surface area contributed by atoms with E-state index >= 15 is 0 Å². The van der Waals surface area contributed by atoms with Gasteiger partial charge in [-0.15, -0.1) is 0 Å². The Labute approximate surface area is 133 Å². The fraction of sp³-hybridized carbons (Fsp3) is 0.222. The molecule has 1 heterocycles. The molecule has 0 bridgehead atoms. The molecule has 0 fully saturated rings. The van der Waals surface area contributed by atoms with Gasteiger partial charge in [0.1, 0.15) is 5.82 Å². The van der Waals surface area contributed by atoms with Crippen LogP contribution in [0, 0.1) is 5.82 Å². The van der Waals surface area contributed by atoms with Gasteiger partial charge in [0.05, 0.1) is 13.0 Å². The second kappa shape index (κ2) is 6.20. The molecule has 118 valence electrons. The van der Waals surface area contributed by atoms with Crippen molar-refractivity contribution in [3.05, 3.63) is 65.5 Å². The summed E-state index contributed by atoms with van der Waals surface area (Å²) in [5.74, 6) is -1.26. The number of para-hydroxylation sites is 1. The monoisotopic (exact) mass is 313 g/mol. The molecule has 0 spiro atoms. The van der Waals surface area contributed by atoms with Gasteiger partial charge in [-0.1, -0.05) is 18.2 Å². The second-order valence-corrected chi connectivity index (χ2v) is 5.39. The summed E-state index contributed by atoms with van der Waals surface area (Å²) in [6, 6.07) is 12.8. The van der Waals surface area contributed by atoms with E-state index < -0.39 is 0 Å². The Morgan fingerprint density at radius 2 is 1.83 bits per heavy atom. The number of methoxy groups -OCH3 is 1. The van der Waals surface area contributed by atoms with Gasteiger partial charge in [0, 0.05) is 17.8 Å². The van der Waals surface area contributed by atoms with Crippen molar-refractivity contribution >= 4 is 17.6 Å². The zero-order valence-corrected chi connectivity index (χ0v) is 12.7. The minimum Gasteiger partial charge on any atom is -0.469 e. The van der Waals surface area contributed by atoms with Crippen LogP contribution >= 0.6 is 0 Å². The number of benzene rings is 2. The highest BCUT2D eigenvalue weighted by molar-refractivity contribution is 6.07. The normalized spacial score (nSPS) is 16.6. The van der Waals surface area contributed by atoms with E-state index in [0.717, 1.165) is 5.56 Å². The molecular weight excluding hydrogens is 297 g/mol. The molecular formula is C18H16FNO3. The quantitative estimate of drug-likeness (QED) is 0.800. The van der Waals surface area contributed by atoms with Crippen molar-refractivity contribution in [3.8, 4) is 0 Å². The zero-order valence-electron chi connectivity index (χ0n) is 12.7. The zero-order chi connectivity index (χ0) is 16.4. The van der Waals surface area contributed by atoms with Crippen molar-refractivity contribution in [2.24, 2.45) is 0 Å². The molecule has 5 heteroatoms. The second-order valence-electron chi connectivity index (χ2n) is 5.39. The van der Waals surface area contributed by atoms with Crippen molar-refractivity contribution in [2.45, 2.75) is 12.3 Å². The number of rotatable bonds is 2. The minimum absolute atomic E-state index is 0.208. The first-order valence-corrected chi connectivity index (χ1v) is 7.36. The summed E-state index contributed by atoms with van der Waals surface area (Å²) < 4.78 is 17.9. The molecule has 0 aromatic heterocycles. The fourth-order valence-electron chi connectivity index (χ4n) is 2.91. The average Bonchev–Trinajstić information content (AvgIpc) is 2.60. The first kappa shape index (κ1) is 15.2. The van der Waals surface area contributed by atoms with E-state index in [4.69, 9.17) is 4.74 Å². The molecule has 1 aliphatic rings. The third-order valence-electron chi connectivity index (χ3n) is 4.07. The van der Waals surface area contributed by atoms with Crippen LogP contribution in [-0.4, -0.2) is 25.5 Å². The van der Waals surface area contributed by atoms with E-state index in [1.54, 1.807) is 4.90 Å². The Morgan fingerprint density at radius 3 is 2.52 bits per heavy atom. The maximum absolute atomic E-state index is 13.0. The lowest BCUT2D eigenvalue weighted by molar-refractivity contribution is -0.142. The standard InChI is InChI=1S/C18H16FNO3/c1-23-18(22)15-10-11-20(16-5-3-2-4-14(15)16)17(21)12-6-8-13(19)9-7-12/h2-9,15H,10-11H2,1H3. The van der Waals surface area contributed by atoms with Gasteiger partial charge in [-0.2, -0.15) is 0 Å². The van der Waals surface area contributed by atoms with E-state index in [9.17, 15) is 14.0 Å². The van der Waals surface area contributed by atoms with E-state index in [0.29, 0.717) is 24.2 Å². The Morgan fingerprint density at radius 1 is 1.13 bits per heavy atom. The highest BCUT2D eigenvalue weighted by Crippen LogP contribution is 2.36. The Kier molecular flexibility index (Phi) is 4.10. The lowest BCUT2D eigenvalue weighted by Gasteiger charge is -2.33. The SMILES string of the molecule is COC(=O)C1CCN(C(=O)c2ccc(F)cc2)c2ccccc21. The van der Waals surface area contributed by atoms with E-state index in [1.165, 1.54) is 31.4 Å². The van der Waals surface area contributed by atoms with Gasteiger partial charge < -0.3 is 9.64 Å². The molecule has 0 saturated heterocycles. The van der Waals surface area contributed by atoms with Gasteiger partial charge in [0.15, 0.2) is 0 Å². The third-order valence-corrected chi connectivity index (χ3v) is 4.07. The van der Waals surface area contributed by atoms with Gasteiger partial charge in [-0.05, 0) is 42.3 Å². The van der Waals surface area contributed by atoms with Gasteiger partial charge in [-0.25, -0.2) is 4.39 Å². The number of anilines is 1. The Balaban J connectivity index is 1.96. The highest BCUT2D eigenvalue weighted by Gasteiger charge is 2.33. The van der Waals surface area contributed by atoms with Crippen LogP contribution in [0.2, 0.25) is 0 Å². The molecule has 2 aromatic carbocycles. The summed E-state index contributed by atoms with van der Waals surface area (Å²) >= 11 is 0. The topological polar surface area (TPSA) is 46.6 Å². The number of fused-ring (bicyclic) bond motifs is 1. The summed E-state index contributed by atoms with van der Waals surface area (Å²) in [4.78, 5) is 26.3. The van der Waals surface area contributed by atoms with Crippen LogP contribution < -0.4 is 4.90 Å². The van der Waals surface area contributed by atoms with Crippen LogP contribution in [0.15, 0.2) is 48.5 Å². The van der Waals surface area contributed by atoms with Crippen LogP contribution in [-0.2, 0) is 9.53 Å². The molecule has 1 aliphatic heterocycles. The summed E-state index contributed by atoms with van der Waals surface area (Å²) in [6.07, 6.45) is 0.497. The van der Waals surface area contributed by atoms with Crippen LogP contribution in [0.3, 0.4) is 0 Å². The number of halogens is 1. The summed E-state index contributed by atoms with van der Waals surface area (Å²) in [6.45, 7) is 0.410. The van der Waals surface area contributed by atoms with Crippen molar-refractivity contribution in [2.75, 3.05) is 18.6 Å². The van der Waals surface area contributed by atoms with Gasteiger partial charge in [-0.3, -0.25) is 9.59 Å². The number of esters is 1. The van der Waals surface area contributed by atoms with Crippen LogP contribution in [0.5, 0.6) is 0 Å². The van der Waals surface area contributed by atoms with Crippen LogP contribution in [0.25, 0.3) is 0 Å². The summed E-state index contributed by atoms with van der Waals surface area (Å²) in [5.41, 5.74) is 1.89. The Bertz CT molecular complexity index is 742. The van der Waals surface area contributed by atoms with Crippen molar-refractivity contribution in [1.82, 2.24) is 0 Å². The molecule has 1 unspecified atom stereocenters. The Hall–Kier alpha value is -2.69. The molecule has 4 nitrogen and oxygen atoms in total. The summed E-state index contributed by atoms with van der Waals surface area (Å²) in [5, 5.41) is 0. The molecule has 0 saturated carbocycles. The number of hydrogen-bond donors (Lipinski definition) is 0. The van der Waals surface area contributed by atoms with Gasteiger partial charge in [0.25, 0.3) is 5.91 Å². The van der Waals surface area contributed by atoms with Crippen molar-refractivity contribution in [1.29, 1.82) is 0 Å². The summed E-state index contributed by atoms with van der Waals surface area (Å²) in [7, 11) is 1.36. The first-order chi connectivity index (χ1) is 11.1. The smallest absolute Gasteiger partial charge is 0.313 e. The van der Waals surface area contributed by atoms with Crippen LogP contribution in [0.1, 0.15) is 28.3 Å². The predicted molar refractivity (Wildman–Crippen MR) is 83.9 cm³/mol. The average molecular weight is 313 g/mol. The minimum atomic E-state index is -0.383. The number of hydrogen-bond acceptors (Lipinski definition) is 3. The lowest BCUT2D eigenvalue weighted by atomic mass is 9.89. The number of amides is 1. The molecule has 1 atom stereocenters. The van der Waals surface area contributed by atoms with Crippen molar-refractivity contribution < 1.29 is 18.7 Å². The fourth-order valence-corrected chi connectivity index (χ4v) is 2.91. The first-order valence-electron chi connectivity index (χ1n) is 7.36.